The van der Waals surface area contributed by atoms with Crippen LogP contribution >= 0.6 is 0 Å². The van der Waals surface area contributed by atoms with Gasteiger partial charge in [-0.25, -0.2) is 0 Å². The molecule has 1 fully saturated rings. The third kappa shape index (κ3) is 5.52. The fourth-order valence-corrected chi connectivity index (χ4v) is 2.52. The maximum Gasteiger partial charge on any atom is 0.0967 e. The fraction of sp³-hybridized carbons (Fsp3) is 0.929. The minimum atomic E-state index is 0.0129. The molecule has 1 saturated heterocycles. The lowest BCUT2D eigenvalue weighted by atomic mass is 9.94. The second kappa shape index (κ2) is 7.68. The van der Waals surface area contributed by atoms with Crippen molar-refractivity contribution in [3.05, 3.63) is 0 Å². The number of hydrogen-bond donors (Lipinski definition) is 1. The number of piperidine rings is 1. The second-order valence-corrected chi connectivity index (χ2v) is 5.48. The standard InChI is InChI=1S/C14H27N3/c1-4-13-5-8-17(9-6-13)10-7-14(11-15)16-12(2)3/h12-14,16H,4-10H2,1-3H3. The average molecular weight is 237 g/mol. The van der Waals surface area contributed by atoms with Crippen molar-refractivity contribution in [2.45, 2.75) is 58.5 Å². The first-order valence-corrected chi connectivity index (χ1v) is 7.03. The number of nitriles is 1. The van der Waals surface area contributed by atoms with Gasteiger partial charge in [0.2, 0.25) is 0 Å². The fourth-order valence-electron chi connectivity index (χ4n) is 2.52. The molecule has 0 radical (unpaired) electrons. The first-order chi connectivity index (χ1) is 8.15. The molecule has 1 rings (SSSR count). The Morgan fingerprint density at radius 2 is 2.00 bits per heavy atom. The van der Waals surface area contributed by atoms with Crippen LogP contribution in [0.4, 0.5) is 0 Å². The van der Waals surface area contributed by atoms with Crippen LogP contribution in [0.25, 0.3) is 0 Å². The molecule has 0 saturated carbocycles. The highest BCUT2D eigenvalue weighted by molar-refractivity contribution is 4.91. The summed E-state index contributed by atoms with van der Waals surface area (Å²) in [6, 6.07) is 2.76. The number of likely N-dealkylation sites (tertiary alicyclic amines) is 1. The molecule has 1 atom stereocenters. The van der Waals surface area contributed by atoms with E-state index in [1.807, 2.05) is 0 Å². The van der Waals surface area contributed by atoms with Crippen molar-refractivity contribution >= 4 is 0 Å². The van der Waals surface area contributed by atoms with Crippen LogP contribution in [-0.4, -0.2) is 36.6 Å². The summed E-state index contributed by atoms with van der Waals surface area (Å²) in [5.74, 6) is 0.937. The number of nitrogens with one attached hydrogen (secondary N) is 1. The Morgan fingerprint density at radius 1 is 1.35 bits per heavy atom. The van der Waals surface area contributed by atoms with Crippen LogP contribution < -0.4 is 5.32 Å². The van der Waals surface area contributed by atoms with Crippen molar-refractivity contribution in [1.29, 1.82) is 5.26 Å². The smallest absolute Gasteiger partial charge is 0.0967 e. The quantitative estimate of drug-likeness (QED) is 0.771. The van der Waals surface area contributed by atoms with E-state index in [4.69, 9.17) is 5.26 Å². The predicted octanol–water partition coefficient (Wildman–Crippen LogP) is 2.39. The van der Waals surface area contributed by atoms with Gasteiger partial charge in [-0.1, -0.05) is 13.3 Å². The van der Waals surface area contributed by atoms with Gasteiger partial charge in [-0.2, -0.15) is 5.26 Å². The summed E-state index contributed by atoms with van der Waals surface area (Å²) in [5, 5.41) is 12.4. The van der Waals surface area contributed by atoms with Gasteiger partial charge in [-0.15, -0.1) is 0 Å². The molecule has 17 heavy (non-hydrogen) atoms. The van der Waals surface area contributed by atoms with Crippen LogP contribution in [0.1, 0.15) is 46.5 Å². The highest BCUT2D eigenvalue weighted by Gasteiger charge is 2.18. The summed E-state index contributed by atoms with van der Waals surface area (Å²) in [6.45, 7) is 9.98. The zero-order chi connectivity index (χ0) is 12.7. The molecule has 3 nitrogen and oxygen atoms in total. The van der Waals surface area contributed by atoms with Gasteiger partial charge in [-0.05, 0) is 52.1 Å². The Balaban J connectivity index is 2.20. The summed E-state index contributed by atoms with van der Waals surface area (Å²) < 4.78 is 0. The largest absolute Gasteiger partial charge is 0.303 e. The van der Waals surface area contributed by atoms with E-state index in [2.05, 4.69) is 37.1 Å². The van der Waals surface area contributed by atoms with Crippen molar-refractivity contribution in [2.75, 3.05) is 19.6 Å². The molecule has 0 aromatic rings. The van der Waals surface area contributed by atoms with E-state index in [1.54, 1.807) is 0 Å². The lowest BCUT2D eigenvalue weighted by Crippen LogP contribution is -2.39. The zero-order valence-electron chi connectivity index (χ0n) is 11.6. The van der Waals surface area contributed by atoms with Crippen molar-refractivity contribution in [3.8, 4) is 6.07 Å². The minimum absolute atomic E-state index is 0.0129. The van der Waals surface area contributed by atoms with Crippen LogP contribution in [0.2, 0.25) is 0 Å². The Morgan fingerprint density at radius 3 is 2.47 bits per heavy atom. The second-order valence-electron chi connectivity index (χ2n) is 5.48. The molecular weight excluding hydrogens is 210 g/mol. The molecule has 3 heteroatoms. The minimum Gasteiger partial charge on any atom is -0.303 e. The number of hydrogen-bond acceptors (Lipinski definition) is 3. The summed E-state index contributed by atoms with van der Waals surface area (Å²) in [6.07, 6.45) is 4.95. The van der Waals surface area contributed by atoms with Crippen LogP contribution in [0.3, 0.4) is 0 Å². The molecule has 1 aliphatic rings. The van der Waals surface area contributed by atoms with Crippen molar-refractivity contribution < 1.29 is 0 Å². The van der Waals surface area contributed by atoms with Crippen molar-refractivity contribution in [2.24, 2.45) is 5.92 Å². The Kier molecular flexibility index (Phi) is 6.54. The molecule has 0 amide bonds. The third-order valence-electron chi connectivity index (χ3n) is 3.71. The normalized spacial score (nSPS) is 20.4. The first kappa shape index (κ1) is 14.5. The average Bonchev–Trinajstić information content (AvgIpc) is 2.34. The topological polar surface area (TPSA) is 39.1 Å². The molecule has 1 unspecified atom stereocenters. The first-order valence-electron chi connectivity index (χ1n) is 7.03. The van der Waals surface area contributed by atoms with Crippen LogP contribution in [0.5, 0.6) is 0 Å². The van der Waals surface area contributed by atoms with Crippen LogP contribution in [-0.2, 0) is 0 Å². The lowest BCUT2D eigenvalue weighted by Gasteiger charge is -2.32. The van der Waals surface area contributed by atoms with Gasteiger partial charge in [0.15, 0.2) is 0 Å². The van der Waals surface area contributed by atoms with E-state index in [-0.39, 0.29) is 6.04 Å². The van der Waals surface area contributed by atoms with E-state index >= 15 is 0 Å². The van der Waals surface area contributed by atoms with E-state index in [0.717, 1.165) is 18.9 Å². The molecule has 1 aliphatic heterocycles. The van der Waals surface area contributed by atoms with E-state index in [0.29, 0.717) is 6.04 Å². The van der Waals surface area contributed by atoms with Gasteiger partial charge >= 0.3 is 0 Å². The molecule has 1 heterocycles. The summed E-state index contributed by atoms with van der Waals surface area (Å²) >= 11 is 0. The lowest BCUT2D eigenvalue weighted by molar-refractivity contribution is 0.177. The molecule has 0 aromatic heterocycles. The highest BCUT2D eigenvalue weighted by Crippen LogP contribution is 2.19. The third-order valence-corrected chi connectivity index (χ3v) is 3.71. The predicted molar refractivity (Wildman–Crippen MR) is 71.7 cm³/mol. The van der Waals surface area contributed by atoms with Crippen LogP contribution in [0, 0.1) is 17.2 Å². The van der Waals surface area contributed by atoms with Gasteiger partial charge in [0.05, 0.1) is 12.1 Å². The SMILES string of the molecule is CCC1CCN(CCC(C#N)NC(C)C)CC1. The Bertz CT molecular complexity index is 236. The summed E-state index contributed by atoms with van der Waals surface area (Å²) in [7, 11) is 0. The van der Waals surface area contributed by atoms with Gasteiger partial charge in [0.25, 0.3) is 0 Å². The maximum atomic E-state index is 9.05. The summed E-state index contributed by atoms with van der Waals surface area (Å²) in [4.78, 5) is 2.51. The zero-order valence-corrected chi connectivity index (χ0v) is 11.6. The van der Waals surface area contributed by atoms with Gasteiger partial charge < -0.3 is 4.90 Å². The Hall–Kier alpha value is -0.590. The number of nitrogens with zero attached hydrogens (tertiary/aromatic N) is 2. The van der Waals surface area contributed by atoms with E-state index in [9.17, 15) is 0 Å². The van der Waals surface area contributed by atoms with Crippen LogP contribution in [0.15, 0.2) is 0 Å². The molecule has 98 valence electrons. The van der Waals surface area contributed by atoms with Crippen molar-refractivity contribution in [1.82, 2.24) is 10.2 Å². The van der Waals surface area contributed by atoms with Crippen molar-refractivity contribution in [3.63, 3.8) is 0 Å². The number of rotatable bonds is 6. The molecule has 0 bridgehead atoms. The van der Waals surface area contributed by atoms with E-state index < -0.39 is 0 Å². The molecule has 0 aliphatic carbocycles. The highest BCUT2D eigenvalue weighted by atomic mass is 15.1. The molecule has 0 spiro atoms. The molecule has 0 aromatic carbocycles. The molecular formula is C14H27N3. The summed E-state index contributed by atoms with van der Waals surface area (Å²) in [5.41, 5.74) is 0. The van der Waals surface area contributed by atoms with Gasteiger partial charge in [0, 0.05) is 12.6 Å². The van der Waals surface area contributed by atoms with Gasteiger partial charge in [-0.3, -0.25) is 5.32 Å². The Labute approximate surface area is 106 Å². The maximum absolute atomic E-state index is 9.05. The molecule has 1 N–H and O–H groups in total. The van der Waals surface area contributed by atoms with Gasteiger partial charge in [0.1, 0.15) is 0 Å². The monoisotopic (exact) mass is 237 g/mol. The van der Waals surface area contributed by atoms with E-state index in [1.165, 1.54) is 32.4 Å².